The number of rotatable bonds is 19. The second-order valence-electron chi connectivity index (χ2n) is 8.75. The zero-order valence-electron chi connectivity index (χ0n) is 23.4. The molecule has 0 bridgehead atoms. The standard InChI is InChI=1S/C25H38N8O7S2/c1-28-22(38)15-6-5-7-16(12-15)31-24(40)18(13-21(36)37)33-20(35)14-30-23(39)17(8-3-4-10-29-25(26)27)32-19(34)9-11-42-41-2/h5-7,12,17-18H,3-4,8-11,13-14H2,1-2H3,(H,28,38)(H,30,39)(H,31,40)(H,32,34)(H,33,35)(H,36,37)(H4,26,27,29)/t17-,18-/m0/s1. The Hall–Kier alpha value is -3.99. The maximum absolute atomic E-state index is 12.8. The molecule has 0 radical (unpaired) electrons. The summed E-state index contributed by atoms with van der Waals surface area (Å²) in [4.78, 5) is 77.6. The first-order valence-electron chi connectivity index (χ1n) is 12.9. The van der Waals surface area contributed by atoms with E-state index in [2.05, 4.69) is 31.6 Å². The van der Waals surface area contributed by atoms with Crippen molar-refractivity contribution in [3.8, 4) is 0 Å². The number of benzene rings is 1. The van der Waals surface area contributed by atoms with Crippen LogP contribution < -0.4 is 38.1 Å². The first-order chi connectivity index (χ1) is 20.0. The van der Waals surface area contributed by atoms with E-state index < -0.39 is 48.7 Å². The summed E-state index contributed by atoms with van der Waals surface area (Å²) in [5.41, 5.74) is 11.1. The van der Waals surface area contributed by atoms with Gasteiger partial charge >= 0.3 is 5.97 Å². The maximum atomic E-state index is 12.8. The van der Waals surface area contributed by atoms with E-state index in [0.29, 0.717) is 25.1 Å². The van der Waals surface area contributed by atoms with Gasteiger partial charge in [0, 0.05) is 37.0 Å². The van der Waals surface area contributed by atoms with Crippen molar-refractivity contribution in [3.63, 3.8) is 0 Å². The number of guanidine groups is 1. The number of hydrogen-bond donors (Lipinski definition) is 8. The van der Waals surface area contributed by atoms with Gasteiger partial charge in [0.05, 0.1) is 13.0 Å². The van der Waals surface area contributed by atoms with Crippen LogP contribution in [0, 0.1) is 0 Å². The van der Waals surface area contributed by atoms with E-state index in [-0.39, 0.29) is 41.9 Å². The van der Waals surface area contributed by atoms with Gasteiger partial charge in [0.15, 0.2) is 5.96 Å². The highest BCUT2D eigenvalue weighted by Gasteiger charge is 2.26. The zero-order chi connectivity index (χ0) is 31.5. The number of aliphatic imine (C=N–C) groups is 1. The van der Waals surface area contributed by atoms with Gasteiger partial charge < -0.3 is 43.2 Å². The minimum absolute atomic E-state index is 0.0535. The summed E-state index contributed by atoms with van der Waals surface area (Å²) in [6.45, 7) is -0.225. The Morgan fingerprint density at radius 2 is 1.71 bits per heavy atom. The third-order valence-electron chi connectivity index (χ3n) is 5.45. The van der Waals surface area contributed by atoms with Crippen LogP contribution in [-0.4, -0.2) is 90.8 Å². The maximum Gasteiger partial charge on any atom is 0.305 e. The van der Waals surface area contributed by atoms with E-state index in [0.717, 1.165) is 0 Å². The highest BCUT2D eigenvalue weighted by Crippen LogP contribution is 2.17. The Labute approximate surface area is 251 Å². The summed E-state index contributed by atoms with van der Waals surface area (Å²) < 4.78 is 0. The minimum atomic E-state index is -1.48. The van der Waals surface area contributed by atoms with Gasteiger partial charge in [0.2, 0.25) is 23.6 Å². The van der Waals surface area contributed by atoms with Gasteiger partial charge in [0.25, 0.3) is 5.91 Å². The van der Waals surface area contributed by atoms with E-state index in [9.17, 15) is 33.9 Å². The molecule has 0 aliphatic rings. The molecule has 15 nitrogen and oxygen atoms in total. The van der Waals surface area contributed by atoms with Gasteiger partial charge in [-0.15, -0.1) is 0 Å². The number of nitrogens with zero attached hydrogens (tertiary/aromatic N) is 1. The molecule has 0 saturated heterocycles. The first kappa shape index (κ1) is 36.0. The quantitative estimate of drug-likeness (QED) is 0.0416. The molecule has 232 valence electrons. The van der Waals surface area contributed by atoms with E-state index >= 15 is 0 Å². The average molecular weight is 627 g/mol. The number of aliphatic carboxylic acids is 1. The lowest BCUT2D eigenvalue weighted by atomic mass is 10.1. The monoisotopic (exact) mass is 626 g/mol. The molecule has 1 aromatic rings. The molecule has 42 heavy (non-hydrogen) atoms. The summed E-state index contributed by atoms with van der Waals surface area (Å²) >= 11 is 0. The van der Waals surface area contributed by atoms with E-state index in [1.54, 1.807) is 0 Å². The summed E-state index contributed by atoms with van der Waals surface area (Å²) in [5.74, 6) is -3.84. The number of amides is 5. The second kappa shape index (κ2) is 20.0. The summed E-state index contributed by atoms with van der Waals surface area (Å²) in [6, 6.07) is 3.53. The predicted octanol–water partition coefficient (Wildman–Crippen LogP) is -0.610. The fourth-order valence-electron chi connectivity index (χ4n) is 3.45. The molecular weight excluding hydrogens is 588 g/mol. The lowest BCUT2D eigenvalue weighted by Crippen LogP contribution is -2.51. The van der Waals surface area contributed by atoms with Crippen molar-refractivity contribution in [1.82, 2.24) is 21.3 Å². The molecule has 0 spiro atoms. The fourth-order valence-corrected chi connectivity index (χ4v) is 4.64. The van der Waals surface area contributed by atoms with Crippen LogP contribution >= 0.6 is 21.6 Å². The molecule has 0 heterocycles. The van der Waals surface area contributed by atoms with Crippen molar-refractivity contribution in [3.05, 3.63) is 29.8 Å². The molecule has 1 rings (SSSR count). The minimum Gasteiger partial charge on any atom is -0.481 e. The van der Waals surface area contributed by atoms with Gasteiger partial charge in [-0.1, -0.05) is 27.7 Å². The van der Waals surface area contributed by atoms with Crippen LogP contribution in [0.4, 0.5) is 5.69 Å². The Balaban J connectivity index is 2.80. The molecule has 0 saturated carbocycles. The molecule has 5 amide bonds. The number of anilines is 1. The summed E-state index contributed by atoms with van der Waals surface area (Å²) in [6.07, 6.45) is 2.66. The van der Waals surface area contributed by atoms with Crippen LogP contribution in [0.2, 0.25) is 0 Å². The third kappa shape index (κ3) is 15.1. The van der Waals surface area contributed by atoms with Crippen LogP contribution in [0.5, 0.6) is 0 Å². The van der Waals surface area contributed by atoms with Crippen LogP contribution in [0.1, 0.15) is 42.5 Å². The van der Waals surface area contributed by atoms with E-state index in [1.165, 1.54) is 52.9 Å². The molecule has 0 aromatic heterocycles. The molecule has 0 aliphatic heterocycles. The number of carboxylic acids is 1. The van der Waals surface area contributed by atoms with Gasteiger partial charge in [-0.05, 0) is 43.7 Å². The number of carboxylic acid groups (broad SMARTS) is 1. The number of nitrogens with two attached hydrogens (primary N) is 2. The van der Waals surface area contributed by atoms with Gasteiger partial charge in [-0.2, -0.15) is 0 Å². The number of hydrogen-bond acceptors (Lipinski definition) is 9. The van der Waals surface area contributed by atoms with Crippen LogP contribution in [0.25, 0.3) is 0 Å². The topological polar surface area (TPSA) is 247 Å². The summed E-state index contributed by atoms with van der Waals surface area (Å²) in [5, 5.41) is 21.6. The first-order valence-corrected chi connectivity index (χ1v) is 15.6. The molecular formula is C25H38N8O7S2. The third-order valence-corrected chi connectivity index (χ3v) is 7.26. The normalized spacial score (nSPS) is 11.8. The molecule has 0 fully saturated rings. The van der Waals surface area contributed by atoms with E-state index in [1.807, 2.05) is 6.26 Å². The molecule has 10 N–H and O–H groups in total. The van der Waals surface area contributed by atoms with Crippen LogP contribution in [0.15, 0.2) is 29.3 Å². The van der Waals surface area contributed by atoms with Crippen molar-refractivity contribution < 1.29 is 33.9 Å². The second-order valence-corrected chi connectivity index (χ2v) is 11.4. The highest BCUT2D eigenvalue weighted by molar-refractivity contribution is 8.76. The van der Waals surface area contributed by atoms with Crippen molar-refractivity contribution in [2.24, 2.45) is 16.5 Å². The van der Waals surface area contributed by atoms with Gasteiger partial charge in [-0.3, -0.25) is 33.8 Å². The van der Waals surface area contributed by atoms with Crippen molar-refractivity contribution in [1.29, 1.82) is 0 Å². The van der Waals surface area contributed by atoms with Crippen molar-refractivity contribution in [2.45, 2.75) is 44.2 Å². The Morgan fingerprint density at radius 1 is 1.00 bits per heavy atom. The molecule has 1 aromatic carbocycles. The van der Waals surface area contributed by atoms with Crippen LogP contribution in [-0.2, 0) is 24.0 Å². The number of unbranched alkanes of at least 4 members (excludes halogenated alkanes) is 1. The Bertz CT molecular complexity index is 1130. The lowest BCUT2D eigenvalue weighted by Gasteiger charge is -2.20. The summed E-state index contributed by atoms with van der Waals surface area (Å²) in [7, 11) is 4.46. The largest absolute Gasteiger partial charge is 0.481 e. The van der Waals surface area contributed by atoms with Crippen LogP contribution in [0.3, 0.4) is 0 Å². The zero-order valence-corrected chi connectivity index (χ0v) is 25.1. The lowest BCUT2D eigenvalue weighted by molar-refractivity contribution is -0.140. The van der Waals surface area contributed by atoms with Crippen molar-refractivity contribution in [2.75, 3.05) is 37.5 Å². The number of nitrogens with one attached hydrogen (secondary N) is 5. The fraction of sp³-hybridized carbons (Fsp3) is 0.480. The number of carbonyl (C=O) groups is 6. The van der Waals surface area contributed by atoms with Gasteiger partial charge in [-0.25, -0.2) is 0 Å². The SMILES string of the molecule is CNC(=O)c1cccc(NC(=O)[C@H](CC(=O)O)NC(=O)CNC(=O)[C@H](CCCCN=C(N)N)NC(=O)CCSSC)c1. The predicted molar refractivity (Wildman–Crippen MR) is 163 cm³/mol. The van der Waals surface area contributed by atoms with E-state index in [4.69, 9.17) is 11.5 Å². The molecule has 0 aliphatic carbocycles. The average Bonchev–Trinajstić information content (AvgIpc) is 2.94. The smallest absolute Gasteiger partial charge is 0.305 e. The molecule has 0 unspecified atom stereocenters. The Kier molecular flexibility index (Phi) is 17.1. The number of carbonyl (C=O) groups excluding carboxylic acids is 5. The molecule has 2 atom stereocenters. The van der Waals surface area contributed by atoms with Gasteiger partial charge in [0.1, 0.15) is 12.1 Å². The Morgan fingerprint density at radius 3 is 2.36 bits per heavy atom. The molecule has 17 heteroatoms. The highest BCUT2D eigenvalue weighted by atomic mass is 33.1. The van der Waals surface area contributed by atoms with Crippen molar-refractivity contribution >= 4 is 68.7 Å².